The zero-order chi connectivity index (χ0) is 19.3. The summed E-state index contributed by atoms with van der Waals surface area (Å²) in [5, 5.41) is 6.17. The fourth-order valence-corrected chi connectivity index (χ4v) is 3.59. The first-order valence-corrected chi connectivity index (χ1v) is 8.87. The van der Waals surface area contributed by atoms with E-state index in [1.54, 1.807) is 25.0 Å². The molecule has 0 saturated carbocycles. The van der Waals surface area contributed by atoms with E-state index in [1.165, 1.54) is 0 Å². The van der Waals surface area contributed by atoms with Crippen LogP contribution in [0.4, 0.5) is 0 Å². The minimum Gasteiger partial charge on any atom is -0.464 e. The molecule has 4 aromatic heterocycles. The summed E-state index contributed by atoms with van der Waals surface area (Å²) < 4.78 is 13.5. The molecular weight excluding hydrogens is 354 g/mol. The van der Waals surface area contributed by atoms with Crippen LogP contribution in [0, 0.1) is 13.8 Å². The number of aryl methyl sites for hydroxylation is 3. The Balaban J connectivity index is 1.70. The molecule has 0 spiro atoms. The van der Waals surface area contributed by atoms with Crippen LogP contribution < -0.4 is 4.74 Å². The molecule has 0 atom stereocenters. The summed E-state index contributed by atoms with van der Waals surface area (Å²) in [7, 11) is 1.92. The van der Waals surface area contributed by atoms with E-state index in [9.17, 15) is 0 Å². The van der Waals surface area contributed by atoms with Gasteiger partial charge in [0.25, 0.3) is 0 Å². The maximum atomic E-state index is 6.17. The molecule has 7 nitrogen and oxygen atoms in total. The van der Waals surface area contributed by atoms with E-state index < -0.39 is 0 Å². The van der Waals surface area contributed by atoms with Gasteiger partial charge in [-0.2, -0.15) is 5.10 Å². The highest BCUT2D eigenvalue weighted by Gasteiger charge is 2.18. The molecule has 28 heavy (non-hydrogen) atoms. The van der Waals surface area contributed by atoms with Crippen molar-refractivity contribution >= 4 is 21.9 Å². The van der Waals surface area contributed by atoms with Crippen LogP contribution in [0.25, 0.3) is 33.0 Å². The first kappa shape index (κ1) is 16.4. The maximum Gasteiger partial charge on any atom is 0.230 e. The summed E-state index contributed by atoms with van der Waals surface area (Å²) in [6, 6.07) is 7.62. The molecular formula is C21H17N5O2. The quantitative estimate of drug-likeness (QED) is 0.462. The fourth-order valence-electron chi connectivity index (χ4n) is 3.59. The van der Waals surface area contributed by atoms with Crippen LogP contribution in [0.15, 0.2) is 53.7 Å². The third kappa shape index (κ3) is 2.44. The molecule has 138 valence electrons. The van der Waals surface area contributed by atoms with Crippen LogP contribution in [0.2, 0.25) is 0 Å². The first-order chi connectivity index (χ1) is 13.6. The van der Waals surface area contributed by atoms with E-state index in [-0.39, 0.29) is 0 Å². The van der Waals surface area contributed by atoms with E-state index in [0.717, 1.165) is 44.4 Å². The third-order valence-corrected chi connectivity index (χ3v) is 4.91. The largest absolute Gasteiger partial charge is 0.464 e. The van der Waals surface area contributed by atoms with Crippen molar-refractivity contribution < 1.29 is 9.15 Å². The van der Waals surface area contributed by atoms with Crippen LogP contribution in [0.1, 0.15) is 11.4 Å². The van der Waals surface area contributed by atoms with Gasteiger partial charge in [0.15, 0.2) is 0 Å². The highest BCUT2D eigenvalue weighted by molar-refractivity contribution is 5.98. The lowest BCUT2D eigenvalue weighted by Crippen LogP contribution is -1.99. The second-order valence-corrected chi connectivity index (χ2v) is 6.61. The van der Waals surface area contributed by atoms with Gasteiger partial charge in [-0.1, -0.05) is 0 Å². The fraction of sp³-hybridized carbons (Fsp3) is 0.143. The Morgan fingerprint density at radius 2 is 1.79 bits per heavy atom. The van der Waals surface area contributed by atoms with Gasteiger partial charge >= 0.3 is 0 Å². The van der Waals surface area contributed by atoms with Crippen molar-refractivity contribution in [3.8, 4) is 22.8 Å². The van der Waals surface area contributed by atoms with Gasteiger partial charge in [0.05, 0.1) is 28.7 Å². The minimum absolute atomic E-state index is 0.500. The maximum absolute atomic E-state index is 6.17. The highest BCUT2D eigenvalue weighted by Crippen LogP contribution is 2.38. The summed E-state index contributed by atoms with van der Waals surface area (Å²) in [5.74, 6) is 1.18. The van der Waals surface area contributed by atoms with E-state index in [0.29, 0.717) is 11.6 Å². The summed E-state index contributed by atoms with van der Waals surface area (Å²) in [6.07, 6.45) is 6.69. The summed E-state index contributed by atoms with van der Waals surface area (Å²) in [5.41, 5.74) is 5.57. The Morgan fingerprint density at radius 3 is 2.61 bits per heavy atom. The number of furan rings is 1. The molecule has 0 bridgehead atoms. The van der Waals surface area contributed by atoms with E-state index in [2.05, 4.69) is 20.1 Å². The molecule has 0 fully saturated rings. The Labute approximate surface area is 160 Å². The molecule has 0 aliphatic carbocycles. The molecule has 5 aromatic rings. The van der Waals surface area contributed by atoms with Gasteiger partial charge < -0.3 is 9.15 Å². The molecule has 5 rings (SSSR count). The second-order valence-electron chi connectivity index (χ2n) is 6.61. The minimum atomic E-state index is 0.500. The number of fused-ring (bicyclic) bond motifs is 2. The Morgan fingerprint density at radius 1 is 0.964 bits per heavy atom. The molecule has 0 amide bonds. The number of ether oxygens (including phenoxy) is 1. The second kappa shape index (κ2) is 6.16. The number of benzene rings is 1. The van der Waals surface area contributed by atoms with E-state index in [4.69, 9.17) is 9.15 Å². The van der Waals surface area contributed by atoms with Crippen molar-refractivity contribution in [2.45, 2.75) is 13.8 Å². The molecule has 0 radical (unpaired) electrons. The predicted octanol–water partition coefficient (Wildman–Crippen LogP) is 4.58. The average Bonchev–Trinajstić information content (AvgIpc) is 3.31. The number of hydrogen-bond donors (Lipinski definition) is 0. The molecule has 0 unspecified atom stereocenters. The molecule has 1 aromatic carbocycles. The summed E-state index contributed by atoms with van der Waals surface area (Å²) in [4.78, 5) is 13.1. The lowest BCUT2D eigenvalue weighted by atomic mass is 10.00. The topological polar surface area (TPSA) is 78.9 Å². The van der Waals surface area contributed by atoms with Crippen molar-refractivity contribution in [2.75, 3.05) is 0 Å². The molecule has 7 heteroatoms. The van der Waals surface area contributed by atoms with Crippen LogP contribution >= 0.6 is 0 Å². The van der Waals surface area contributed by atoms with Crippen molar-refractivity contribution in [3.63, 3.8) is 0 Å². The van der Waals surface area contributed by atoms with Gasteiger partial charge in [-0.25, -0.2) is 15.0 Å². The Bertz CT molecular complexity index is 1320. The van der Waals surface area contributed by atoms with Crippen LogP contribution in [-0.4, -0.2) is 24.7 Å². The van der Waals surface area contributed by atoms with Crippen LogP contribution in [0.3, 0.4) is 0 Å². The van der Waals surface area contributed by atoms with Gasteiger partial charge in [0.1, 0.15) is 17.7 Å². The van der Waals surface area contributed by atoms with Crippen molar-refractivity contribution in [1.82, 2.24) is 24.7 Å². The standard InChI is InChI=1S/C21H17N5O2/c1-12-19(13(2)24-11-23-12)15-4-5-18(16-10-25-26(3)20(15)16)28-21-14-7-9-27-17(14)6-8-22-21/h4-11H,1-3H3. The van der Waals surface area contributed by atoms with Gasteiger partial charge in [-0.15, -0.1) is 0 Å². The first-order valence-electron chi connectivity index (χ1n) is 8.87. The molecule has 0 aliphatic heterocycles. The number of aromatic nitrogens is 5. The number of pyridine rings is 1. The lowest BCUT2D eigenvalue weighted by Gasteiger charge is -2.13. The lowest BCUT2D eigenvalue weighted by molar-refractivity contribution is 0.474. The molecule has 4 heterocycles. The smallest absolute Gasteiger partial charge is 0.230 e. The van der Waals surface area contributed by atoms with Gasteiger partial charge in [0.2, 0.25) is 5.88 Å². The average molecular weight is 371 g/mol. The summed E-state index contributed by atoms with van der Waals surface area (Å²) in [6.45, 7) is 3.97. The normalized spacial score (nSPS) is 11.4. The SMILES string of the molecule is Cc1ncnc(C)c1-c1ccc(Oc2nccc3occc23)c2cnn(C)c12. The van der Waals surface area contributed by atoms with Crippen molar-refractivity contribution in [3.05, 3.63) is 60.6 Å². The molecule has 0 aliphatic rings. The zero-order valence-corrected chi connectivity index (χ0v) is 15.7. The number of nitrogens with zero attached hydrogens (tertiary/aromatic N) is 5. The van der Waals surface area contributed by atoms with Crippen LogP contribution in [-0.2, 0) is 7.05 Å². The van der Waals surface area contributed by atoms with Gasteiger partial charge in [0, 0.05) is 35.8 Å². The monoisotopic (exact) mass is 371 g/mol. The Hall–Kier alpha value is -3.74. The van der Waals surface area contributed by atoms with Crippen molar-refractivity contribution in [2.24, 2.45) is 7.05 Å². The molecule has 0 N–H and O–H groups in total. The number of hydrogen-bond acceptors (Lipinski definition) is 6. The van der Waals surface area contributed by atoms with Crippen molar-refractivity contribution in [1.29, 1.82) is 0 Å². The predicted molar refractivity (Wildman–Crippen MR) is 105 cm³/mol. The van der Waals surface area contributed by atoms with E-state index >= 15 is 0 Å². The van der Waals surface area contributed by atoms with E-state index in [1.807, 2.05) is 49.8 Å². The number of rotatable bonds is 3. The van der Waals surface area contributed by atoms with Gasteiger partial charge in [-0.05, 0) is 38.1 Å². The highest BCUT2D eigenvalue weighted by atomic mass is 16.5. The van der Waals surface area contributed by atoms with Gasteiger partial charge in [-0.3, -0.25) is 4.68 Å². The zero-order valence-electron chi connectivity index (χ0n) is 15.7. The molecule has 0 saturated heterocycles. The Kier molecular flexibility index (Phi) is 3.61. The third-order valence-electron chi connectivity index (χ3n) is 4.91. The van der Waals surface area contributed by atoms with Crippen LogP contribution in [0.5, 0.6) is 11.6 Å². The summed E-state index contributed by atoms with van der Waals surface area (Å²) >= 11 is 0.